The molecule has 0 aliphatic rings. The topological polar surface area (TPSA) is 69.9 Å². The van der Waals surface area contributed by atoms with E-state index >= 15 is 0 Å². The van der Waals surface area contributed by atoms with Crippen LogP contribution in [0.1, 0.15) is 19.3 Å². The van der Waals surface area contributed by atoms with Crippen LogP contribution in [-0.4, -0.2) is 16.5 Å². The molecule has 7 heteroatoms. The molecule has 2 heterocycles. The number of pyridine rings is 1. The van der Waals surface area contributed by atoms with E-state index in [0.717, 1.165) is 18.5 Å². The number of unbranched alkanes of at least 4 members (excludes halogenated alkanes) is 2. The molecule has 0 fully saturated rings. The van der Waals surface area contributed by atoms with Crippen LogP contribution < -0.4 is 10.5 Å². The van der Waals surface area contributed by atoms with Crippen molar-refractivity contribution in [1.82, 2.24) is 9.97 Å². The monoisotopic (exact) mass is 370 g/mol. The van der Waals surface area contributed by atoms with Gasteiger partial charge in [0.05, 0.1) is 11.5 Å². The van der Waals surface area contributed by atoms with Crippen molar-refractivity contribution in [2.24, 2.45) is 0 Å². The van der Waals surface area contributed by atoms with Crippen molar-refractivity contribution < 1.29 is 0 Å². The van der Waals surface area contributed by atoms with Crippen LogP contribution in [0.3, 0.4) is 0 Å². The van der Waals surface area contributed by atoms with Crippen molar-refractivity contribution in [2.45, 2.75) is 19.3 Å². The lowest BCUT2D eigenvalue weighted by Crippen LogP contribution is -2.21. The molecule has 0 atom stereocenters. The van der Waals surface area contributed by atoms with Gasteiger partial charge in [-0.05, 0) is 49.2 Å². The highest BCUT2D eigenvalue weighted by atomic mass is 35.5. The summed E-state index contributed by atoms with van der Waals surface area (Å²) in [6.45, 7) is 0.657. The molecule has 3 aromatic rings. The zero-order valence-electron chi connectivity index (χ0n) is 13.4. The van der Waals surface area contributed by atoms with Gasteiger partial charge in [-0.1, -0.05) is 22.9 Å². The highest BCUT2D eigenvalue weighted by molar-refractivity contribution is 7.21. The number of hydrogen-bond donors (Lipinski definition) is 0. The molecule has 0 saturated heterocycles. The molecule has 126 valence electrons. The quantitative estimate of drug-likeness (QED) is 0.596. The average Bonchev–Trinajstić information content (AvgIpc) is 2.63. The first-order valence-electron chi connectivity index (χ1n) is 7.85. The van der Waals surface area contributed by atoms with Crippen molar-refractivity contribution in [2.75, 3.05) is 11.4 Å². The Morgan fingerprint density at radius 3 is 2.76 bits per heavy atom. The summed E-state index contributed by atoms with van der Waals surface area (Å²) in [5, 5.41) is 10.5. The molecule has 0 aliphatic carbocycles. The van der Waals surface area contributed by atoms with Crippen LogP contribution in [0.2, 0.25) is 5.02 Å². The normalized spacial score (nSPS) is 10.6. The van der Waals surface area contributed by atoms with E-state index in [-0.39, 0.29) is 5.56 Å². The number of nitriles is 1. The second kappa shape index (κ2) is 8.06. The summed E-state index contributed by atoms with van der Waals surface area (Å²) in [6.07, 6.45) is 3.79. The molecule has 25 heavy (non-hydrogen) atoms. The van der Waals surface area contributed by atoms with Crippen LogP contribution in [0.5, 0.6) is 0 Å². The Bertz CT molecular complexity index is 965. The fourth-order valence-corrected chi connectivity index (χ4v) is 3.55. The van der Waals surface area contributed by atoms with Gasteiger partial charge >= 0.3 is 0 Å². The van der Waals surface area contributed by atoms with Gasteiger partial charge in [0.2, 0.25) is 0 Å². The average molecular weight is 371 g/mol. The molecule has 0 radical (unpaired) electrons. The molecule has 0 amide bonds. The molecular weight excluding hydrogens is 356 g/mol. The van der Waals surface area contributed by atoms with Crippen molar-refractivity contribution in [3.63, 3.8) is 0 Å². The maximum atomic E-state index is 12.3. The van der Waals surface area contributed by atoms with Crippen LogP contribution in [0.15, 0.2) is 47.4 Å². The van der Waals surface area contributed by atoms with E-state index in [2.05, 4.69) is 16.0 Å². The van der Waals surface area contributed by atoms with Crippen LogP contribution in [-0.2, 0) is 0 Å². The molecule has 1 aromatic carbocycles. The Morgan fingerprint density at radius 2 is 2.00 bits per heavy atom. The Morgan fingerprint density at radius 1 is 1.20 bits per heavy atom. The Hall–Kier alpha value is -2.49. The van der Waals surface area contributed by atoms with Gasteiger partial charge in [0.1, 0.15) is 4.83 Å². The summed E-state index contributed by atoms with van der Waals surface area (Å²) in [7, 11) is 0. The smallest absolute Gasteiger partial charge is 0.282 e. The summed E-state index contributed by atoms with van der Waals surface area (Å²) in [5.74, 6) is 0. The van der Waals surface area contributed by atoms with E-state index in [0.29, 0.717) is 33.3 Å². The molecule has 0 unspecified atom stereocenters. The predicted molar refractivity (Wildman–Crippen MR) is 102 cm³/mol. The molecule has 5 nitrogen and oxygen atoms in total. The standard InChI is InChI=1S/C18H15ClN4OS/c19-13-6-8-14(9-7-13)23(12-3-1-2-10-20)18-22-16(24)15-5-4-11-21-17(15)25-18/h4-9,11H,1-3,12H2. The molecule has 0 N–H and O–H groups in total. The minimum atomic E-state index is -0.284. The fourth-order valence-electron chi connectivity index (χ4n) is 2.44. The number of rotatable bonds is 6. The minimum Gasteiger partial charge on any atom is -0.318 e. The van der Waals surface area contributed by atoms with Crippen molar-refractivity contribution in [3.05, 3.63) is 58.0 Å². The number of nitrogens with zero attached hydrogens (tertiary/aromatic N) is 4. The van der Waals surface area contributed by atoms with Crippen LogP contribution in [0, 0.1) is 11.3 Å². The number of fused-ring (bicyclic) bond motifs is 1. The lowest BCUT2D eigenvalue weighted by atomic mass is 10.2. The largest absolute Gasteiger partial charge is 0.318 e. The number of anilines is 2. The molecular formula is C18H15ClN4OS. The Labute approximate surface area is 154 Å². The predicted octanol–water partition coefficient (Wildman–Crippen LogP) is 4.54. The molecule has 3 rings (SSSR count). The third kappa shape index (κ3) is 4.13. The number of aromatic nitrogens is 2. The summed E-state index contributed by atoms with van der Waals surface area (Å²) in [5.41, 5.74) is 0.618. The summed E-state index contributed by atoms with van der Waals surface area (Å²) < 4.78 is 0. The lowest BCUT2D eigenvalue weighted by Gasteiger charge is -2.23. The Kier molecular flexibility index (Phi) is 5.59. The van der Waals surface area contributed by atoms with E-state index in [1.165, 1.54) is 11.3 Å². The molecule has 0 bridgehead atoms. The second-order valence-electron chi connectivity index (χ2n) is 5.40. The van der Waals surface area contributed by atoms with E-state index in [9.17, 15) is 4.79 Å². The van der Waals surface area contributed by atoms with Crippen molar-refractivity contribution in [3.8, 4) is 6.07 Å². The van der Waals surface area contributed by atoms with Gasteiger partial charge in [-0.25, -0.2) is 4.98 Å². The maximum absolute atomic E-state index is 12.3. The highest BCUT2D eigenvalue weighted by Gasteiger charge is 2.14. The van der Waals surface area contributed by atoms with E-state index < -0.39 is 0 Å². The second-order valence-corrected chi connectivity index (χ2v) is 6.79. The molecule has 0 aliphatic heterocycles. The Balaban J connectivity index is 2.00. The molecule has 0 saturated carbocycles. The van der Waals surface area contributed by atoms with Gasteiger partial charge < -0.3 is 4.90 Å². The van der Waals surface area contributed by atoms with Crippen LogP contribution >= 0.6 is 22.9 Å². The maximum Gasteiger partial charge on any atom is 0.282 e. The summed E-state index contributed by atoms with van der Waals surface area (Å²) in [4.78, 5) is 23.5. The molecule has 0 spiro atoms. The van der Waals surface area contributed by atoms with E-state index in [1.54, 1.807) is 30.5 Å². The van der Waals surface area contributed by atoms with Crippen LogP contribution in [0.4, 0.5) is 10.8 Å². The first kappa shape index (κ1) is 17.3. The van der Waals surface area contributed by atoms with E-state index in [4.69, 9.17) is 16.9 Å². The van der Waals surface area contributed by atoms with Gasteiger partial charge in [-0.2, -0.15) is 10.2 Å². The number of halogens is 1. The van der Waals surface area contributed by atoms with Crippen molar-refractivity contribution >= 4 is 44.0 Å². The fraction of sp³-hybridized carbons (Fsp3) is 0.222. The highest BCUT2D eigenvalue weighted by Crippen LogP contribution is 2.30. The first-order chi connectivity index (χ1) is 12.2. The van der Waals surface area contributed by atoms with E-state index in [1.807, 2.05) is 17.0 Å². The zero-order chi connectivity index (χ0) is 17.6. The lowest BCUT2D eigenvalue weighted by molar-refractivity contribution is 0.747. The third-order valence-corrected chi connectivity index (χ3v) is 4.94. The van der Waals surface area contributed by atoms with Crippen molar-refractivity contribution in [1.29, 1.82) is 5.26 Å². The van der Waals surface area contributed by atoms with Crippen LogP contribution in [0.25, 0.3) is 10.2 Å². The SMILES string of the molecule is N#CCCCCN(c1ccc(Cl)cc1)c1nc(=O)c2cccnc2s1. The van der Waals surface area contributed by atoms with Gasteiger partial charge in [0.25, 0.3) is 5.56 Å². The van der Waals surface area contributed by atoms with Gasteiger partial charge in [-0.3, -0.25) is 4.79 Å². The minimum absolute atomic E-state index is 0.284. The van der Waals surface area contributed by atoms with Gasteiger partial charge in [0, 0.05) is 29.9 Å². The third-order valence-electron chi connectivity index (χ3n) is 3.68. The number of hydrogen-bond acceptors (Lipinski definition) is 6. The van der Waals surface area contributed by atoms with Gasteiger partial charge in [-0.15, -0.1) is 0 Å². The summed E-state index contributed by atoms with van der Waals surface area (Å²) in [6, 6.07) is 13.0. The first-order valence-corrected chi connectivity index (χ1v) is 9.04. The summed E-state index contributed by atoms with van der Waals surface area (Å²) >= 11 is 7.36. The number of benzene rings is 1. The zero-order valence-corrected chi connectivity index (χ0v) is 14.9. The molecule has 2 aromatic heterocycles. The van der Waals surface area contributed by atoms with Gasteiger partial charge in [0.15, 0.2) is 5.13 Å².